The van der Waals surface area contributed by atoms with Gasteiger partial charge in [-0.3, -0.25) is 9.36 Å². The van der Waals surface area contributed by atoms with Crippen molar-refractivity contribution in [3.05, 3.63) is 47.1 Å². The number of carbonyl (C=O) groups excluding carboxylic acids is 1. The number of hydrogen-bond donors (Lipinski definition) is 1. The molecular weight excluding hydrogens is 318 g/mol. The van der Waals surface area contributed by atoms with Crippen molar-refractivity contribution in [3.8, 4) is 0 Å². The first-order chi connectivity index (χ1) is 12.0. The van der Waals surface area contributed by atoms with Crippen LogP contribution in [-0.4, -0.2) is 21.6 Å². The Labute approximate surface area is 146 Å². The van der Waals surface area contributed by atoms with Gasteiger partial charge in [-0.25, -0.2) is 4.79 Å². The first-order valence-corrected chi connectivity index (χ1v) is 8.84. The molecule has 0 amide bonds. The Hall–Kier alpha value is -2.37. The molecule has 1 aromatic rings. The Morgan fingerprint density at radius 3 is 2.76 bits per heavy atom. The molecule has 6 heteroatoms. The predicted molar refractivity (Wildman–Crippen MR) is 93.5 cm³/mol. The molecule has 3 aliphatic rings. The lowest BCUT2D eigenvalue weighted by molar-refractivity contribution is -0.146. The molecule has 0 radical (unpaired) electrons. The number of nitrogens with two attached hydrogens (primary N) is 1. The number of fused-ring (bicyclic) bond motifs is 3. The number of esters is 1. The highest BCUT2D eigenvalue weighted by Gasteiger charge is 2.53. The average molecular weight is 341 g/mol. The maximum atomic E-state index is 12.6. The Balaban J connectivity index is 1.64. The zero-order chi connectivity index (χ0) is 17.7. The summed E-state index contributed by atoms with van der Waals surface area (Å²) in [6.07, 6.45) is 5.23. The van der Waals surface area contributed by atoms with Crippen LogP contribution in [0.4, 0.5) is 5.82 Å². The van der Waals surface area contributed by atoms with Crippen molar-refractivity contribution in [2.45, 2.75) is 38.3 Å². The third-order valence-electron chi connectivity index (χ3n) is 6.14. The van der Waals surface area contributed by atoms with E-state index in [4.69, 9.17) is 10.5 Å². The SMILES string of the molecule is C=C1CC[C@@H]2[C@H](OC(=O)[C@H]2Cn2ccc(N)nc2=O)[C@H]2C(=C)CCC12. The van der Waals surface area contributed by atoms with Gasteiger partial charge >= 0.3 is 11.7 Å². The smallest absolute Gasteiger partial charge is 0.349 e. The number of anilines is 1. The van der Waals surface area contributed by atoms with Crippen LogP contribution in [0.15, 0.2) is 41.4 Å². The van der Waals surface area contributed by atoms with Gasteiger partial charge in [0.25, 0.3) is 0 Å². The van der Waals surface area contributed by atoms with Gasteiger partial charge in [0.05, 0.1) is 5.92 Å². The van der Waals surface area contributed by atoms with E-state index in [-0.39, 0.29) is 42.2 Å². The summed E-state index contributed by atoms with van der Waals surface area (Å²) in [6.45, 7) is 8.77. The maximum absolute atomic E-state index is 12.6. The second-order valence-electron chi connectivity index (χ2n) is 7.49. The van der Waals surface area contributed by atoms with Crippen LogP contribution >= 0.6 is 0 Å². The van der Waals surface area contributed by atoms with Gasteiger partial charge in [0.15, 0.2) is 0 Å². The summed E-state index contributed by atoms with van der Waals surface area (Å²) in [5.41, 5.74) is 7.53. The normalized spacial score (nSPS) is 34.4. The molecule has 3 fully saturated rings. The fourth-order valence-electron chi connectivity index (χ4n) is 4.85. The largest absolute Gasteiger partial charge is 0.461 e. The summed E-state index contributed by atoms with van der Waals surface area (Å²) >= 11 is 0. The number of aromatic nitrogens is 2. The zero-order valence-electron chi connectivity index (χ0n) is 14.2. The van der Waals surface area contributed by atoms with E-state index in [2.05, 4.69) is 18.1 Å². The molecule has 6 nitrogen and oxygen atoms in total. The van der Waals surface area contributed by atoms with Gasteiger partial charge in [0.2, 0.25) is 0 Å². The number of carbonyl (C=O) groups is 1. The van der Waals surface area contributed by atoms with Gasteiger partial charge in [0.1, 0.15) is 11.9 Å². The third-order valence-corrected chi connectivity index (χ3v) is 6.14. The number of nitrogen functional groups attached to an aromatic ring is 1. The van der Waals surface area contributed by atoms with Crippen molar-refractivity contribution in [2.75, 3.05) is 5.73 Å². The van der Waals surface area contributed by atoms with E-state index in [9.17, 15) is 9.59 Å². The van der Waals surface area contributed by atoms with Crippen molar-refractivity contribution in [3.63, 3.8) is 0 Å². The molecule has 2 aliphatic carbocycles. The minimum Gasteiger partial charge on any atom is -0.461 e. The highest BCUT2D eigenvalue weighted by Crippen LogP contribution is 2.52. The molecular formula is C19H23N3O3. The summed E-state index contributed by atoms with van der Waals surface area (Å²) < 4.78 is 7.27. The number of ether oxygens (including phenoxy) is 1. The predicted octanol–water partition coefficient (Wildman–Crippen LogP) is 1.92. The quantitative estimate of drug-likeness (QED) is 0.656. The Kier molecular flexibility index (Phi) is 3.78. The van der Waals surface area contributed by atoms with Crippen LogP contribution in [-0.2, 0) is 16.1 Å². The summed E-state index contributed by atoms with van der Waals surface area (Å²) in [6, 6.07) is 1.57. The van der Waals surface area contributed by atoms with E-state index in [1.165, 1.54) is 15.7 Å². The molecule has 25 heavy (non-hydrogen) atoms. The Morgan fingerprint density at radius 1 is 1.24 bits per heavy atom. The molecule has 1 aromatic heterocycles. The minimum atomic E-state index is -0.433. The monoisotopic (exact) mass is 341 g/mol. The lowest BCUT2D eigenvalue weighted by Crippen LogP contribution is -2.33. The van der Waals surface area contributed by atoms with Crippen LogP contribution in [0.5, 0.6) is 0 Å². The van der Waals surface area contributed by atoms with E-state index >= 15 is 0 Å². The summed E-state index contributed by atoms with van der Waals surface area (Å²) in [5.74, 6) is 0.255. The first kappa shape index (κ1) is 16.1. The molecule has 1 saturated heterocycles. The molecule has 0 aromatic carbocycles. The molecule has 5 atom stereocenters. The van der Waals surface area contributed by atoms with E-state index in [1.54, 1.807) is 12.3 Å². The summed E-state index contributed by atoms with van der Waals surface area (Å²) in [5, 5.41) is 0. The number of rotatable bonds is 2. The first-order valence-electron chi connectivity index (χ1n) is 8.84. The Morgan fingerprint density at radius 2 is 2.00 bits per heavy atom. The van der Waals surface area contributed by atoms with Crippen molar-refractivity contribution in [1.29, 1.82) is 0 Å². The highest BCUT2D eigenvalue weighted by molar-refractivity contribution is 5.75. The lowest BCUT2D eigenvalue weighted by atomic mass is 9.79. The number of allylic oxidation sites excluding steroid dienone is 1. The fraction of sp³-hybridized carbons (Fsp3) is 0.526. The molecule has 1 unspecified atom stereocenters. The van der Waals surface area contributed by atoms with Gasteiger partial charge in [-0.2, -0.15) is 4.98 Å². The molecule has 2 heterocycles. The third kappa shape index (κ3) is 2.60. The zero-order valence-corrected chi connectivity index (χ0v) is 14.2. The molecule has 0 spiro atoms. The molecule has 2 saturated carbocycles. The van der Waals surface area contributed by atoms with Crippen LogP contribution in [0.25, 0.3) is 0 Å². The topological polar surface area (TPSA) is 87.2 Å². The van der Waals surface area contributed by atoms with E-state index in [0.717, 1.165) is 25.7 Å². The molecule has 1 aliphatic heterocycles. The van der Waals surface area contributed by atoms with Gasteiger partial charge in [-0.1, -0.05) is 24.3 Å². The van der Waals surface area contributed by atoms with Crippen molar-refractivity contribution in [2.24, 2.45) is 23.7 Å². The molecule has 0 bridgehead atoms. The van der Waals surface area contributed by atoms with Crippen LogP contribution in [0.3, 0.4) is 0 Å². The van der Waals surface area contributed by atoms with Crippen LogP contribution in [0.2, 0.25) is 0 Å². The van der Waals surface area contributed by atoms with Crippen molar-refractivity contribution in [1.82, 2.24) is 9.55 Å². The minimum absolute atomic E-state index is 0.0820. The van der Waals surface area contributed by atoms with Crippen LogP contribution in [0, 0.1) is 23.7 Å². The van der Waals surface area contributed by atoms with E-state index in [1.807, 2.05) is 0 Å². The standard InChI is InChI=1S/C19H23N3O3/c1-10-3-6-13-14(9-22-8-7-15(20)21-19(22)24)18(23)25-17(13)16-11(2)4-5-12(10)16/h7-8,12-14,16-17H,1-6,9H2,(H2,20,21,24)/t12?,13-,14-,16-,17-/m0/s1. The second-order valence-corrected chi connectivity index (χ2v) is 7.49. The fourth-order valence-corrected chi connectivity index (χ4v) is 4.85. The second kappa shape index (κ2) is 5.86. The van der Waals surface area contributed by atoms with E-state index in [0.29, 0.717) is 5.92 Å². The van der Waals surface area contributed by atoms with E-state index < -0.39 is 5.69 Å². The average Bonchev–Trinajstić information content (AvgIpc) is 3.04. The molecule has 4 rings (SSSR count). The lowest BCUT2D eigenvalue weighted by Gasteiger charge is -2.27. The highest BCUT2D eigenvalue weighted by atomic mass is 16.6. The molecule has 132 valence electrons. The van der Waals surface area contributed by atoms with Gasteiger partial charge < -0.3 is 10.5 Å². The Bertz CT molecular complexity index is 812. The summed E-state index contributed by atoms with van der Waals surface area (Å²) in [4.78, 5) is 28.4. The van der Waals surface area contributed by atoms with Gasteiger partial charge in [0, 0.05) is 24.6 Å². The molecule has 2 N–H and O–H groups in total. The van der Waals surface area contributed by atoms with Crippen LogP contribution < -0.4 is 11.4 Å². The van der Waals surface area contributed by atoms with Gasteiger partial charge in [-0.05, 0) is 37.7 Å². The van der Waals surface area contributed by atoms with Crippen molar-refractivity contribution < 1.29 is 9.53 Å². The van der Waals surface area contributed by atoms with Crippen LogP contribution in [0.1, 0.15) is 25.7 Å². The van der Waals surface area contributed by atoms with Crippen molar-refractivity contribution >= 4 is 11.8 Å². The number of hydrogen-bond acceptors (Lipinski definition) is 5. The maximum Gasteiger partial charge on any atom is 0.349 e. The van der Waals surface area contributed by atoms with Gasteiger partial charge in [-0.15, -0.1) is 0 Å². The summed E-state index contributed by atoms with van der Waals surface area (Å²) in [7, 11) is 0. The number of nitrogens with zero attached hydrogens (tertiary/aromatic N) is 2.